The van der Waals surface area contributed by atoms with Gasteiger partial charge < -0.3 is 5.11 Å². The van der Waals surface area contributed by atoms with Gasteiger partial charge in [-0.15, -0.1) is 11.3 Å². The maximum absolute atomic E-state index is 10.0. The highest BCUT2D eigenvalue weighted by Crippen LogP contribution is 2.47. The van der Waals surface area contributed by atoms with Crippen molar-refractivity contribution in [2.24, 2.45) is 5.92 Å². The normalized spacial score (nSPS) is 34.8. The van der Waals surface area contributed by atoms with E-state index in [9.17, 15) is 5.11 Å². The van der Waals surface area contributed by atoms with Gasteiger partial charge in [-0.3, -0.25) is 0 Å². The first-order valence-electron chi connectivity index (χ1n) is 4.08. The maximum Gasteiger partial charge on any atom is 0.0993 e. The highest BCUT2D eigenvalue weighted by Gasteiger charge is 2.42. The van der Waals surface area contributed by atoms with E-state index < -0.39 is 5.60 Å². The molecule has 0 aliphatic heterocycles. The standard InChI is InChI=1S/C9H11ClOS/c1-6-4-9(11,5-6)7-2-3-8(10)12-7/h2-3,6,11H,4-5H2,1H3. The first kappa shape index (κ1) is 8.54. The first-order chi connectivity index (χ1) is 5.60. The Morgan fingerprint density at radius 2 is 2.25 bits per heavy atom. The third-order valence-electron chi connectivity index (χ3n) is 2.40. The highest BCUT2D eigenvalue weighted by atomic mass is 35.5. The van der Waals surface area contributed by atoms with Crippen molar-refractivity contribution in [3.8, 4) is 0 Å². The van der Waals surface area contributed by atoms with Crippen LogP contribution in [0.5, 0.6) is 0 Å². The monoisotopic (exact) mass is 202 g/mol. The van der Waals surface area contributed by atoms with Crippen LogP contribution in [0.1, 0.15) is 24.6 Å². The summed E-state index contributed by atoms with van der Waals surface area (Å²) in [6, 6.07) is 3.78. The molecule has 0 saturated heterocycles. The molecule has 1 aliphatic carbocycles. The lowest BCUT2D eigenvalue weighted by molar-refractivity contribution is -0.0707. The van der Waals surface area contributed by atoms with Crippen molar-refractivity contribution in [1.82, 2.24) is 0 Å². The van der Waals surface area contributed by atoms with Crippen molar-refractivity contribution in [3.05, 3.63) is 21.3 Å². The fourth-order valence-electron chi connectivity index (χ4n) is 1.86. The minimum absolute atomic E-state index is 0.558. The SMILES string of the molecule is CC1CC(O)(c2ccc(Cl)s2)C1. The second-order valence-corrected chi connectivity index (χ2v) is 5.36. The van der Waals surface area contributed by atoms with Gasteiger partial charge in [0.1, 0.15) is 0 Å². The van der Waals surface area contributed by atoms with Gasteiger partial charge in [0, 0.05) is 4.88 Å². The molecule has 1 saturated carbocycles. The number of aliphatic hydroxyl groups is 1. The minimum Gasteiger partial charge on any atom is -0.384 e. The molecule has 0 spiro atoms. The molecule has 1 aromatic rings. The Morgan fingerprint density at radius 1 is 1.58 bits per heavy atom. The molecule has 12 heavy (non-hydrogen) atoms. The second kappa shape index (κ2) is 2.72. The molecule has 1 aromatic heterocycles. The van der Waals surface area contributed by atoms with E-state index in [-0.39, 0.29) is 0 Å². The molecule has 2 rings (SSSR count). The Bertz CT molecular complexity index is 288. The zero-order valence-corrected chi connectivity index (χ0v) is 8.45. The Kier molecular flexibility index (Phi) is 1.94. The molecular weight excluding hydrogens is 192 g/mol. The Morgan fingerprint density at radius 3 is 2.67 bits per heavy atom. The van der Waals surface area contributed by atoms with E-state index in [0.29, 0.717) is 5.92 Å². The summed E-state index contributed by atoms with van der Waals surface area (Å²) in [5, 5.41) is 10.0. The number of hydrogen-bond acceptors (Lipinski definition) is 2. The maximum atomic E-state index is 10.0. The summed E-state index contributed by atoms with van der Waals surface area (Å²) >= 11 is 7.28. The highest BCUT2D eigenvalue weighted by molar-refractivity contribution is 7.16. The van der Waals surface area contributed by atoms with E-state index in [4.69, 9.17) is 11.6 Å². The summed E-state index contributed by atoms with van der Waals surface area (Å²) in [5.74, 6) is 0.649. The minimum atomic E-state index is -0.558. The molecule has 3 heteroatoms. The van der Waals surface area contributed by atoms with Crippen LogP contribution in [-0.4, -0.2) is 5.11 Å². The van der Waals surface area contributed by atoms with Crippen LogP contribution in [0.25, 0.3) is 0 Å². The lowest BCUT2D eigenvalue weighted by atomic mass is 9.71. The van der Waals surface area contributed by atoms with E-state index in [1.54, 1.807) is 0 Å². The smallest absolute Gasteiger partial charge is 0.0993 e. The van der Waals surface area contributed by atoms with Crippen molar-refractivity contribution in [2.45, 2.75) is 25.4 Å². The van der Waals surface area contributed by atoms with Gasteiger partial charge in [-0.05, 0) is 30.9 Å². The first-order valence-corrected chi connectivity index (χ1v) is 5.28. The third kappa shape index (κ3) is 1.28. The van der Waals surface area contributed by atoms with Gasteiger partial charge in [-0.1, -0.05) is 18.5 Å². The Balaban J connectivity index is 2.20. The summed E-state index contributed by atoms with van der Waals surface area (Å²) in [4.78, 5) is 1.02. The summed E-state index contributed by atoms with van der Waals surface area (Å²) < 4.78 is 0.762. The molecule has 1 fully saturated rings. The number of hydrogen-bond donors (Lipinski definition) is 1. The number of thiophene rings is 1. The van der Waals surface area contributed by atoms with E-state index in [1.807, 2.05) is 12.1 Å². The van der Waals surface area contributed by atoms with E-state index in [2.05, 4.69) is 6.92 Å². The molecule has 0 unspecified atom stereocenters. The van der Waals surface area contributed by atoms with E-state index in [0.717, 1.165) is 22.1 Å². The molecule has 1 aliphatic rings. The van der Waals surface area contributed by atoms with Gasteiger partial charge in [0.2, 0.25) is 0 Å². The van der Waals surface area contributed by atoms with Crippen molar-refractivity contribution < 1.29 is 5.11 Å². The predicted octanol–water partition coefficient (Wildman–Crippen LogP) is 3.02. The summed E-state index contributed by atoms with van der Waals surface area (Å²) in [5.41, 5.74) is -0.558. The van der Waals surface area contributed by atoms with Crippen LogP contribution in [0.4, 0.5) is 0 Å². The number of rotatable bonds is 1. The Labute approximate surface area is 81.0 Å². The van der Waals surface area contributed by atoms with Gasteiger partial charge in [0.15, 0.2) is 0 Å². The van der Waals surface area contributed by atoms with Crippen LogP contribution >= 0.6 is 22.9 Å². The summed E-state index contributed by atoms with van der Waals surface area (Å²) in [6.45, 7) is 2.16. The lowest BCUT2D eigenvalue weighted by Gasteiger charge is -2.41. The summed E-state index contributed by atoms with van der Waals surface area (Å²) in [6.07, 6.45) is 1.76. The molecular formula is C9H11ClOS. The summed E-state index contributed by atoms with van der Waals surface area (Å²) in [7, 11) is 0. The number of halogens is 1. The second-order valence-electron chi connectivity index (χ2n) is 3.65. The van der Waals surface area contributed by atoms with Crippen LogP contribution in [0.3, 0.4) is 0 Å². The fourth-order valence-corrected chi connectivity index (χ4v) is 3.01. The van der Waals surface area contributed by atoms with Crippen molar-refractivity contribution in [2.75, 3.05) is 0 Å². The Hall–Kier alpha value is -0.0500. The van der Waals surface area contributed by atoms with E-state index in [1.165, 1.54) is 11.3 Å². The average Bonchev–Trinajstić information content (AvgIpc) is 2.33. The van der Waals surface area contributed by atoms with Crippen LogP contribution in [0, 0.1) is 5.92 Å². The zero-order chi connectivity index (χ0) is 8.77. The van der Waals surface area contributed by atoms with Gasteiger partial charge >= 0.3 is 0 Å². The molecule has 0 bridgehead atoms. The molecule has 0 radical (unpaired) electrons. The topological polar surface area (TPSA) is 20.2 Å². The molecule has 66 valence electrons. The molecule has 0 amide bonds. The van der Waals surface area contributed by atoms with Crippen LogP contribution in [0.2, 0.25) is 4.34 Å². The van der Waals surface area contributed by atoms with Crippen molar-refractivity contribution >= 4 is 22.9 Å². The fraction of sp³-hybridized carbons (Fsp3) is 0.556. The molecule has 0 atom stereocenters. The van der Waals surface area contributed by atoms with Crippen molar-refractivity contribution in [3.63, 3.8) is 0 Å². The van der Waals surface area contributed by atoms with Gasteiger partial charge in [0.05, 0.1) is 9.94 Å². The largest absolute Gasteiger partial charge is 0.384 e. The molecule has 0 aromatic carbocycles. The average molecular weight is 203 g/mol. The molecule has 1 N–H and O–H groups in total. The van der Waals surface area contributed by atoms with Crippen LogP contribution in [-0.2, 0) is 5.60 Å². The van der Waals surface area contributed by atoms with Gasteiger partial charge in [-0.25, -0.2) is 0 Å². The van der Waals surface area contributed by atoms with E-state index >= 15 is 0 Å². The van der Waals surface area contributed by atoms with Crippen LogP contribution < -0.4 is 0 Å². The quantitative estimate of drug-likeness (QED) is 0.743. The van der Waals surface area contributed by atoms with Crippen molar-refractivity contribution in [1.29, 1.82) is 0 Å². The zero-order valence-electron chi connectivity index (χ0n) is 6.88. The lowest BCUT2D eigenvalue weighted by Crippen LogP contribution is -2.38. The molecule has 1 heterocycles. The van der Waals surface area contributed by atoms with Gasteiger partial charge in [-0.2, -0.15) is 0 Å². The molecule has 1 nitrogen and oxygen atoms in total. The van der Waals surface area contributed by atoms with Gasteiger partial charge in [0.25, 0.3) is 0 Å². The predicted molar refractivity (Wildman–Crippen MR) is 51.6 cm³/mol. The third-order valence-corrected chi connectivity index (χ3v) is 3.83. The van der Waals surface area contributed by atoms with Crippen LogP contribution in [0.15, 0.2) is 12.1 Å².